The highest BCUT2D eigenvalue weighted by molar-refractivity contribution is 6.10. The molecule has 20 heteroatoms. The van der Waals surface area contributed by atoms with E-state index in [1.807, 2.05) is 0 Å². The Kier molecular flexibility index (Phi) is 13.2. The average molecular weight is 759 g/mol. The summed E-state index contributed by atoms with van der Waals surface area (Å²) in [5.41, 5.74) is -0.0584. The van der Waals surface area contributed by atoms with Gasteiger partial charge in [0.15, 0.2) is 12.1 Å². The fourth-order valence-electron chi connectivity index (χ4n) is 5.80. The summed E-state index contributed by atoms with van der Waals surface area (Å²) in [6.07, 6.45) is -23.8. The molecule has 0 saturated carbocycles. The number of phenolic OH excluding ortho intramolecular Hbond substituents is 2. The third-order valence-corrected chi connectivity index (χ3v) is 8.91. The topological polar surface area (TPSA) is 335 Å². The maximum Gasteiger partial charge on any atom is 0.229 e. The molecule has 3 aliphatic rings. The number of carbonyl (C=O) groups excluding carboxylic acids is 1. The van der Waals surface area contributed by atoms with Crippen molar-refractivity contribution >= 4 is 11.9 Å². The van der Waals surface area contributed by atoms with Crippen LogP contribution in [0.25, 0.3) is 6.08 Å². The van der Waals surface area contributed by atoms with E-state index in [1.165, 1.54) is 30.3 Å². The molecule has 0 bridgehead atoms. The van der Waals surface area contributed by atoms with Crippen molar-refractivity contribution < 1.29 is 99.6 Å². The molecule has 15 atom stereocenters. The Morgan fingerprint density at radius 2 is 1.11 bits per heavy atom. The maximum atomic E-state index is 13.4. The van der Waals surface area contributed by atoms with E-state index in [4.69, 9.17) is 28.4 Å². The lowest BCUT2D eigenvalue weighted by Gasteiger charge is -2.42. The third-order valence-electron chi connectivity index (χ3n) is 8.91. The Bertz CT molecular complexity index is 1550. The summed E-state index contributed by atoms with van der Waals surface area (Å²) < 4.78 is 33.0. The van der Waals surface area contributed by atoms with Crippen molar-refractivity contribution in [1.29, 1.82) is 0 Å². The van der Waals surface area contributed by atoms with Gasteiger partial charge in [-0.25, -0.2) is 0 Å². The number of benzene rings is 2. The van der Waals surface area contributed by atoms with Crippen molar-refractivity contribution in [2.45, 2.75) is 92.1 Å². The first-order chi connectivity index (χ1) is 25.1. The molecule has 3 heterocycles. The maximum absolute atomic E-state index is 13.4. The highest BCUT2D eigenvalue weighted by Crippen LogP contribution is 2.38. The first kappa shape index (κ1) is 40.6. The fraction of sp³-hybridized carbons (Fsp3) is 0.545. The molecule has 0 amide bonds. The Morgan fingerprint density at radius 1 is 0.623 bits per heavy atom. The summed E-state index contributed by atoms with van der Waals surface area (Å²) in [5.74, 6) is -2.64. The van der Waals surface area contributed by atoms with Crippen LogP contribution >= 0.6 is 0 Å². The number of carbonyl (C=O) groups is 1. The number of aromatic hydroxyl groups is 2. The second kappa shape index (κ2) is 17.3. The molecule has 20 nitrogen and oxygen atoms in total. The molecule has 294 valence electrons. The standard InChI is InChI=1S/C33H42O20/c34-9-18-22(39)25(42)28(45)31(51-18)48-11-20-24(41)27(44)29(46)32(53-20)49-14-7-16(38)21(15(37)6-3-12-1-4-13(36)5-2-12)17(8-14)50-33-30(47)26(43)23(40)19(10-35)52-33/h1-8,18-20,22-36,38-47H,9-11H2/b6-3+/t18-,19-,20+,22-,23-,24+,25+,26+,27-,28-,29+,30-,31-,32+,33-/m0/s1. The molecular weight excluding hydrogens is 716 g/mol. The molecular formula is C33H42O20. The van der Waals surface area contributed by atoms with Crippen molar-refractivity contribution in [3.63, 3.8) is 0 Å². The molecule has 13 N–H and O–H groups in total. The Labute approximate surface area is 300 Å². The Balaban J connectivity index is 1.39. The highest BCUT2D eigenvalue weighted by Gasteiger charge is 2.49. The van der Waals surface area contributed by atoms with Crippen molar-refractivity contribution in [3.8, 4) is 23.0 Å². The van der Waals surface area contributed by atoms with Crippen LogP contribution in [0.15, 0.2) is 42.5 Å². The highest BCUT2D eigenvalue weighted by atomic mass is 16.7. The minimum Gasteiger partial charge on any atom is -0.508 e. The van der Waals surface area contributed by atoms with Crippen LogP contribution in [0.3, 0.4) is 0 Å². The van der Waals surface area contributed by atoms with Crippen molar-refractivity contribution in [2.24, 2.45) is 0 Å². The Morgan fingerprint density at radius 3 is 1.68 bits per heavy atom. The van der Waals surface area contributed by atoms with Gasteiger partial charge in [0.05, 0.1) is 19.8 Å². The molecule has 3 aliphatic heterocycles. The van der Waals surface area contributed by atoms with Gasteiger partial charge in [0.2, 0.25) is 12.6 Å². The lowest BCUT2D eigenvalue weighted by Crippen LogP contribution is -2.62. The number of aliphatic hydroxyl groups excluding tert-OH is 11. The van der Waals surface area contributed by atoms with Gasteiger partial charge in [-0.05, 0) is 23.8 Å². The molecule has 3 saturated heterocycles. The van der Waals surface area contributed by atoms with E-state index in [2.05, 4.69) is 0 Å². The average Bonchev–Trinajstić information content (AvgIpc) is 3.14. The second-order valence-electron chi connectivity index (χ2n) is 12.6. The van der Waals surface area contributed by atoms with Crippen LogP contribution in [-0.2, 0) is 18.9 Å². The number of aliphatic hydroxyl groups is 11. The first-order valence-corrected chi connectivity index (χ1v) is 16.3. The zero-order valence-corrected chi connectivity index (χ0v) is 27.6. The summed E-state index contributed by atoms with van der Waals surface area (Å²) in [6, 6.07) is 7.59. The van der Waals surface area contributed by atoms with Gasteiger partial charge >= 0.3 is 0 Å². The quantitative estimate of drug-likeness (QED) is 0.0713. The van der Waals surface area contributed by atoms with E-state index >= 15 is 0 Å². The van der Waals surface area contributed by atoms with Gasteiger partial charge < -0.3 is 94.8 Å². The van der Waals surface area contributed by atoms with Crippen molar-refractivity contribution in [2.75, 3.05) is 19.8 Å². The molecule has 2 aromatic carbocycles. The first-order valence-electron chi connectivity index (χ1n) is 16.3. The van der Waals surface area contributed by atoms with Crippen LogP contribution in [0, 0.1) is 0 Å². The van der Waals surface area contributed by atoms with Crippen LogP contribution in [0.1, 0.15) is 15.9 Å². The lowest BCUT2D eigenvalue weighted by atomic mass is 9.98. The van der Waals surface area contributed by atoms with Gasteiger partial charge in [0.25, 0.3) is 0 Å². The minimum atomic E-state index is -1.96. The molecule has 0 aromatic heterocycles. The number of ether oxygens (including phenoxy) is 6. The molecule has 2 aromatic rings. The SMILES string of the molecule is O=C(/C=C/c1ccc(O)cc1)c1c(O)cc(O[C@@H]2O[C@H](CO[C@H]3O[C@@H](CO)[C@H](O)[C@@H](O)[C@@H]3O)[C@@H](O)[C@H](O)[C@H]2O)cc1O[C@H]1O[C@@H](CO)[C@H](O)[C@@H](O)[C@@H]1O. The number of rotatable bonds is 12. The monoisotopic (exact) mass is 758 g/mol. The van der Waals surface area contributed by atoms with E-state index in [1.54, 1.807) is 0 Å². The van der Waals surface area contributed by atoms with Gasteiger partial charge in [-0.1, -0.05) is 18.2 Å². The number of allylic oxidation sites excluding steroid dienone is 1. The lowest BCUT2D eigenvalue weighted by molar-refractivity contribution is -0.323. The van der Waals surface area contributed by atoms with E-state index in [9.17, 15) is 71.2 Å². The zero-order chi connectivity index (χ0) is 38.7. The summed E-state index contributed by atoms with van der Waals surface area (Å²) in [7, 11) is 0. The molecule has 0 unspecified atom stereocenters. The largest absolute Gasteiger partial charge is 0.508 e. The van der Waals surface area contributed by atoms with Crippen molar-refractivity contribution in [3.05, 3.63) is 53.6 Å². The van der Waals surface area contributed by atoms with Crippen LogP contribution in [0.5, 0.6) is 23.0 Å². The third kappa shape index (κ3) is 8.89. The van der Waals surface area contributed by atoms with E-state index in [-0.39, 0.29) is 5.75 Å². The predicted octanol–water partition coefficient (Wildman–Crippen LogP) is -4.82. The zero-order valence-electron chi connectivity index (χ0n) is 27.6. The second-order valence-corrected chi connectivity index (χ2v) is 12.6. The molecule has 0 spiro atoms. The van der Waals surface area contributed by atoms with E-state index < -0.39 is 141 Å². The number of phenols is 2. The normalized spacial score (nSPS) is 37.8. The predicted molar refractivity (Wildman–Crippen MR) is 171 cm³/mol. The number of hydrogen-bond acceptors (Lipinski definition) is 20. The van der Waals surface area contributed by atoms with E-state index in [0.29, 0.717) is 5.56 Å². The van der Waals surface area contributed by atoms with Crippen LogP contribution < -0.4 is 9.47 Å². The molecule has 53 heavy (non-hydrogen) atoms. The number of hydrogen-bond donors (Lipinski definition) is 13. The summed E-state index contributed by atoms with van der Waals surface area (Å²) in [6.45, 7) is -2.24. The smallest absolute Gasteiger partial charge is 0.229 e. The molecule has 3 fully saturated rings. The fourth-order valence-corrected chi connectivity index (χ4v) is 5.80. The van der Waals surface area contributed by atoms with Gasteiger partial charge in [-0.3, -0.25) is 4.79 Å². The summed E-state index contributed by atoms with van der Waals surface area (Å²) in [5, 5.41) is 133. The minimum absolute atomic E-state index is 0.0290. The van der Waals surface area contributed by atoms with Crippen LogP contribution in [-0.4, -0.2) is 184 Å². The summed E-state index contributed by atoms with van der Waals surface area (Å²) in [4.78, 5) is 13.4. The van der Waals surface area contributed by atoms with Gasteiger partial charge in [0.1, 0.15) is 102 Å². The Hall–Kier alpha value is -3.55. The van der Waals surface area contributed by atoms with Crippen LogP contribution in [0.4, 0.5) is 0 Å². The molecule has 5 rings (SSSR count). The van der Waals surface area contributed by atoms with Gasteiger partial charge in [-0.2, -0.15) is 0 Å². The van der Waals surface area contributed by atoms with Crippen molar-refractivity contribution in [1.82, 2.24) is 0 Å². The van der Waals surface area contributed by atoms with Crippen LogP contribution in [0.2, 0.25) is 0 Å². The van der Waals surface area contributed by atoms with Gasteiger partial charge in [-0.15, -0.1) is 0 Å². The summed E-state index contributed by atoms with van der Waals surface area (Å²) >= 11 is 0. The number of ketones is 1. The van der Waals surface area contributed by atoms with E-state index in [0.717, 1.165) is 18.2 Å². The molecule has 0 radical (unpaired) electrons. The van der Waals surface area contributed by atoms with Gasteiger partial charge in [0, 0.05) is 12.1 Å². The molecule has 0 aliphatic carbocycles.